The van der Waals surface area contributed by atoms with Crippen LogP contribution in [0.1, 0.15) is 19.8 Å². The SMILES string of the molecule is C/C(=C/C(=O)C(F)(F)F)NC[C@@H]1CCCO1. The molecule has 92 valence electrons. The maximum absolute atomic E-state index is 11.9. The van der Waals surface area contributed by atoms with Gasteiger partial charge in [0.05, 0.1) is 6.10 Å². The molecule has 1 heterocycles. The minimum absolute atomic E-state index is 0.0318. The number of alkyl halides is 3. The number of nitrogens with one attached hydrogen (secondary N) is 1. The first-order chi connectivity index (χ1) is 7.39. The molecule has 0 unspecified atom stereocenters. The molecule has 6 heteroatoms. The van der Waals surface area contributed by atoms with Gasteiger partial charge in [-0.05, 0) is 19.8 Å². The Morgan fingerprint density at radius 1 is 1.56 bits per heavy atom. The van der Waals surface area contributed by atoms with E-state index >= 15 is 0 Å². The lowest BCUT2D eigenvalue weighted by molar-refractivity contribution is -0.165. The molecule has 1 saturated heterocycles. The fourth-order valence-electron chi connectivity index (χ4n) is 1.41. The summed E-state index contributed by atoms with van der Waals surface area (Å²) in [6.07, 6.45) is -2.34. The van der Waals surface area contributed by atoms with Crippen LogP contribution < -0.4 is 5.32 Å². The van der Waals surface area contributed by atoms with Crippen LogP contribution in [-0.4, -0.2) is 31.2 Å². The van der Waals surface area contributed by atoms with E-state index in [-0.39, 0.29) is 11.8 Å². The predicted octanol–water partition coefficient (Wildman–Crippen LogP) is 1.79. The van der Waals surface area contributed by atoms with Gasteiger partial charge >= 0.3 is 6.18 Å². The minimum atomic E-state index is -4.80. The Hall–Kier alpha value is -1.04. The highest BCUT2D eigenvalue weighted by Crippen LogP contribution is 2.17. The van der Waals surface area contributed by atoms with E-state index in [4.69, 9.17) is 4.74 Å². The average Bonchev–Trinajstić information content (AvgIpc) is 2.65. The number of halogens is 3. The largest absolute Gasteiger partial charge is 0.454 e. The Bertz CT molecular complexity index is 280. The van der Waals surface area contributed by atoms with Gasteiger partial charge in [-0.3, -0.25) is 4.79 Å². The summed E-state index contributed by atoms with van der Waals surface area (Å²) in [5.74, 6) is -1.84. The van der Waals surface area contributed by atoms with Gasteiger partial charge in [0, 0.05) is 24.9 Å². The number of rotatable bonds is 4. The van der Waals surface area contributed by atoms with Crippen LogP contribution >= 0.6 is 0 Å². The quantitative estimate of drug-likeness (QED) is 0.757. The van der Waals surface area contributed by atoms with Crippen molar-refractivity contribution in [1.29, 1.82) is 0 Å². The van der Waals surface area contributed by atoms with Gasteiger partial charge in [0.1, 0.15) is 0 Å². The van der Waals surface area contributed by atoms with Crippen LogP contribution in [0.15, 0.2) is 11.8 Å². The molecule has 1 aliphatic heterocycles. The molecule has 0 radical (unpaired) electrons. The third-order valence-corrected chi connectivity index (χ3v) is 2.26. The third kappa shape index (κ3) is 4.22. The fourth-order valence-corrected chi connectivity index (χ4v) is 1.41. The van der Waals surface area contributed by atoms with E-state index in [1.54, 1.807) is 0 Å². The Morgan fingerprint density at radius 2 is 2.25 bits per heavy atom. The van der Waals surface area contributed by atoms with Crippen LogP contribution in [-0.2, 0) is 9.53 Å². The smallest absolute Gasteiger partial charge is 0.386 e. The van der Waals surface area contributed by atoms with Crippen LogP contribution in [0, 0.1) is 0 Å². The number of carbonyl (C=O) groups is 1. The Morgan fingerprint density at radius 3 is 2.75 bits per heavy atom. The fraction of sp³-hybridized carbons (Fsp3) is 0.700. The molecule has 1 fully saturated rings. The highest BCUT2D eigenvalue weighted by molar-refractivity contribution is 5.94. The van der Waals surface area contributed by atoms with Crippen LogP contribution in [0.25, 0.3) is 0 Å². The van der Waals surface area contributed by atoms with Crippen molar-refractivity contribution in [3.05, 3.63) is 11.8 Å². The van der Waals surface area contributed by atoms with E-state index < -0.39 is 12.0 Å². The molecular weight excluding hydrogens is 223 g/mol. The molecule has 0 amide bonds. The molecule has 16 heavy (non-hydrogen) atoms. The molecule has 0 bridgehead atoms. The zero-order valence-electron chi connectivity index (χ0n) is 8.93. The number of allylic oxidation sites excluding steroid dienone is 2. The van der Waals surface area contributed by atoms with E-state index in [0.29, 0.717) is 19.2 Å². The summed E-state index contributed by atoms with van der Waals surface area (Å²) in [5, 5.41) is 2.74. The van der Waals surface area contributed by atoms with Crippen molar-refractivity contribution >= 4 is 5.78 Å². The van der Waals surface area contributed by atoms with E-state index in [1.165, 1.54) is 6.92 Å². The van der Waals surface area contributed by atoms with Crippen molar-refractivity contribution in [2.75, 3.05) is 13.2 Å². The average molecular weight is 237 g/mol. The van der Waals surface area contributed by atoms with E-state index in [0.717, 1.165) is 12.8 Å². The lowest BCUT2D eigenvalue weighted by Gasteiger charge is -2.12. The number of ether oxygens (including phenoxy) is 1. The van der Waals surface area contributed by atoms with E-state index in [1.807, 2.05) is 0 Å². The zero-order valence-corrected chi connectivity index (χ0v) is 8.93. The van der Waals surface area contributed by atoms with E-state index in [2.05, 4.69) is 5.32 Å². The number of carbonyl (C=O) groups excluding carboxylic acids is 1. The van der Waals surface area contributed by atoms with Crippen molar-refractivity contribution in [3.8, 4) is 0 Å². The Labute approximate surface area is 91.6 Å². The first kappa shape index (κ1) is 13.0. The molecule has 1 atom stereocenters. The second-order valence-corrected chi connectivity index (χ2v) is 3.71. The van der Waals surface area contributed by atoms with Crippen LogP contribution in [0.3, 0.4) is 0 Å². The van der Waals surface area contributed by atoms with Gasteiger partial charge in [0.25, 0.3) is 5.78 Å². The lowest BCUT2D eigenvalue weighted by Crippen LogP contribution is -2.27. The second kappa shape index (κ2) is 5.34. The van der Waals surface area contributed by atoms with Gasteiger partial charge in [-0.2, -0.15) is 13.2 Å². The monoisotopic (exact) mass is 237 g/mol. The molecule has 0 spiro atoms. The van der Waals surface area contributed by atoms with Crippen molar-refractivity contribution in [3.63, 3.8) is 0 Å². The van der Waals surface area contributed by atoms with Gasteiger partial charge in [-0.15, -0.1) is 0 Å². The molecular formula is C10H14F3NO2. The van der Waals surface area contributed by atoms with Crippen LogP contribution in [0.5, 0.6) is 0 Å². The summed E-state index contributed by atoms with van der Waals surface area (Å²) >= 11 is 0. The number of hydrogen-bond donors (Lipinski definition) is 1. The van der Waals surface area contributed by atoms with Gasteiger partial charge in [0.15, 0.2) is 0 Å². The van der Waals surface area contributed by atoms with Gasteiger partial charge in [0.2, 0.25) is 0 Å². The number of hydrogen-bond acceptors (Lipinski definition) is 3. The molecule has 1 rings (SSSR count). The van der Waals surface area contributed by atoms with Gasteiger partial charge in [-0.1, -0.05) is 0 Å². The highest BCUT2D eigenvalue weighted by Gasteiger charge is 2.36. The van der Waals surface area contributed by atoms with Crippen LogP contribution in [0.2, 0.25) is 0 Å². The maximum atomic E-state index is 11.9. The second-order valence-electron chi connectivity index (χ2n) is 3.71. The summed E-state index contributed by atoms with van der Waals surface area (Å²) in [6, 6.07) is 0. The molecule has 1 aliphatic rings. The van der Waals surface area contributed by atoms with Crippen molar-refractivity contribution in [2.24, 2.45) is 0 Å². The standard InChI is InChI=1S/C10H14F3NO2/c1-7(5-9(15)10(11,12)13)14-6-8-3-2-4-16-8/h5,8,14H,2-4,6H2,1H3/b7-5-/t8-/m0/s1. The highest BCUT2D eigenvalue weighted by atomic mass is 19.4. The molecule has 0 aromatic heterocycles. The molecule has 1 N–H and O–H groups in total. The summed E-state index contributed by atoms with van der Waals surface area (Å²) in [4.78, 5) is 10.6. The molecule has 0 saturated carbocycles. The Kier molecular flexibility index (Phi) is 4.35. The predicted molar refractivity (Wildman–Crippen MR) is 51.8 cm³/mol. The molecule has 0 aromatic carbocycles. The maximum Gasteiger partial charge on any atom is 0.454 e. The Balaban J connectivity index is 2.36. The summed E-state index contributed by atoms with van der Waals surface area (Å²) in [6.45, 7) is 2.56. The third-order valence-electron chi connectivity index (χ3n) is 2.26. The van der Waals surface area contributed by atoms with Gasteiger partial charge in [-0.25, -0.2) is 0 Å². The first-order valence-electron chi connectivity index (χ1n) is 5.04. The van der Waals surface area contributed by atoms with Crippen molar-refractivity contribution in [2.45, 2.75) is 32.0 Å². The number of ketones is 1. The van der Waals surface area contributed by atoms with E-state index in [9.17, 15) is 18.0 Å². The normalized spacial score (nSPS) is 22.2. The topological polar surface area (TPSA) is 38.3 Å². The zero-order chi connectivity index (χ0) is 12.2. The minimum Gasteiger partial charge on any atom is -0.386 e. The van der Waals surface area contributed by atoms with Crippen molar-refractivity contribution in [1.82, 2.24) is 5.32 Å². The summed E-state index contributed by atoms with van der Waals surface area (Å²) in [7, 11) is 0. The molecule has 0 aliphatic carbocycles. The lowest BCUT2D eigenvalue weighted by atomic mass is 10.2. The van der Waals surface area contributed by atoms with Crippen LogP contribution in [0.4, 0.5) is 13.2 Å². The first-order valence-corrected chi connectivity index (χ1v) is 5.04. The summed E-state index contributed by atoms with van der Waals surface area (Å²) in [5.41, 5.74) is 0.206. The summed E-state index contributed by atoms with van der Waals surface area (Å²) < 4.78 is 41.0. The van der Waals surface area contributed by atoms with Crippen molar-refractivity contribution < 1.29 is 22.7 Å². The van der Waals surface area contributed by atoms with Gasteiger partial charge < -0.3 is 10.1 Å². The molecule has 3 nitrogen and oxygen atoms in total. The molecule has 0 aromatic rings.